The number of ether oxygens (including phenoxy) is 1. The van der Waals surface area contributed by atoms with Crippen molar-refractivity contribution >= 4 is 11.6 Å². The van der Waals surface area contributed by atoms with E-state index in [0.717, 1.165) is 25.7 Å². The smallest absolute Gasteiger partial charge is 0.227 e. The van der Waals surface area contributed by atoms with Gasteiger partial charge in [-0.2, -0.15) is 0 Å². The van der Waals surface area contributed by atoms with E-state index in [-0.39, 0.29) is 11.7 Å². The number of hydrogen-bond donors (Lipinski definition) is 1. The highest BCUT2D eigenvalue weighted by Gasteiger charge is 2.23. The summed E-state index contributed by atoms with van der Waals surface area (Å²) in [6.45, 7) is 1.64. The van der Waals surface area contributed by atoms with Gasteiger partial charge in [-0.3, -0.25) is 4.79 Å². The van der Waals surface area contributed by atoms with Crippen molar-refractivity contribution in [2.45, 2.75) is 32.1 Å². The molecule has 4 nitrogen and oxygen atoms in total. The normalized spacial score (nSPS) is 13.8. The number of hydrogen-bond acceptors (Lipinski definition) is 3. The fourth-order valence-electron chi connectivity index (χ4n) is 2.36. The van der Waals surface area contributed by atoms with Crippen LogP contribution in [-0.4, -0.2) is 25.6 Å². The molecule has 0 saturated heterocycles. The van der Waals surface area contributed by atoms with Gasteiger partial charge in [-0.25, -0.2) is 4.39 Å². The third-order valence-corrected chi connectivity index (χ3v) is 3.43. The molecule has 1 aliphatic heterocycles. The van der Waals surface area contributed by atoms with Gasteiger partial charge in [0.2, 0.25) is 5.91 Å². The lowest BCUT2D eigenvalue weighted by Gasteiger charge is -2.29. The molecule has 0 aliphatic carbocycles. The third kappa shape index (κ3) is 3.70. The lowest BCUT2D eigenvalue weighted by Crippen LogP contribution is -2.37. The Morgan fingerprint density at radius 3 is 2.90 bits per heavy atom. The topological polar surface area (TPSA) is 55.6 Å². The molecule has 1 aromatic carbocycles. The Labute approximate surface area is 118 Å². The first-order chi connectivity index (χ1) is 9.72. The summed E-state index contributed by atoms with van der Waals surface area (Å²) in [6.07, 6.45) is 4.47. The molecule has 0 unspecified atom stereocenters. The van der Waals surface area contributed by atoms with Crippen LogP contribution < -0.4 is 15.4 Å². The molecular weight excluding hydrogens is 259 g/mol. The number of nitrogens with two attached hydrogens (primary N) is 1. The summed E-state index contributed by atoms with van der Waals surface area (Å²) in [6, 6.07) is 4.29. The molecule has 1 amide bonds. The summed E-state index contributed by atoms with van der Waals surface area (Å²) in [5.74, 6) is 0.182. The van der Waals surface area contributed by atoms with Crippen LogP contribution in [-0.2, 0) is 4.79 Å². The van der Waals surface area contributed by atoms with Crippen molar-refractivity contribution in [2.24, 2.45) is 5.73 Å². The molecule has 2 rings (SSSR count). The predicted octanol–water partition coefficient (Wildman–Crippen LogP) is 2.46. The third-order valence-electron chi connectivity index (χ3n) is 3.43. The van der Waals surface area contributed by atoms with Crippen molar-refractivity contribution in [3.8, 4) is 5.75 Å². The van der Waals surface area contributed by atoms with E-state index in [0.29, 0.717) is 37.6 Å². The van der Waals surface area contributed by atoms with Crippen molar-refractivity contribution in [1.82, 2.24) is 0 Å². The van der Waals surface area contributed by atoms with Gasteiger partial charge < -0.3 is 15.4 Å². The summed E-state index contributed by atoms with van der Waals surface area (Å²) < 4.78 is 18.5. The van der Waals surface area contributed by atoms with Gasteiger partial charge in [-0.1, -0.05) is 12.8 Å². The van der Waals surface area contributed by atoms with Crippen molar-refractivity contribution in [3.63, 3.8) is 0 Å². The van der Waals surface area contributed by atoms with Gasteiger partial charge in [0.25, 0.3) is 0 Å². The molecule has 110 valence electrons. The standard InChI is InChI=1S/C15H21FN2O2/c16-12-6-7-13-14(11-12)20-10-9-18(13)15(19)5-3-1-2-4-8-17/h6-7,11H,1-5,8-10,17H2. The zero-order chi connectivity index (χ0) is 14.4. The van der Waals surface area contributed by atoms with Gasteiger partial charge in [-0.15, -0.1) is 0 Å². The van der Waals surface area contributed by atoms with E-state index in [1.165, 1.54) is 12.1 Å². The largest absolute Gasteiger partial charge is 0.489 e. The fraction of sp³-hybridized carbons (Fsp3) is 0.533. The number of unbranched alkanes of at least 4 members (excludes halogenated alkanes) is 3. The number of carbonyl (C=O) groups excluding carboxylic acids is 1. The molecule has 5 heteroatoms. The molecule has 0 spiro atoms. The van der Waals surface area contributed by atoms with Crippen molar-refractivity contribution in [3.05, 3.63) is 24.0 Å². The lowest BCUT2D eigenvalue weighted by molar-refractivity contribution is -0.119. The molecule has 0 fully saturated rings. The van der Waals surface area contributed by atoms with Crippen LogP contribution >= 0.6 is 0 Å². The van der Waals surface area contributed by atoms with E-state index >= 15 is 0 Å². The lowest BCUT2D eigenvalue weighted by atomic mass is 10.1. The summed E-state index contributed by atoms with van der Waals surface area (Å²) in [7, 11) is 0. The number of carbonyl (C=O) groups is 1. The zero-order valence-electron chi connectivity index (χ0n) is 11.6. The summed E-state index contributed by atoms with van der Waals surface area (Å²) in [4.78, 5) is 13.9. The van der Waals surface area contributed by atoms with Crippen LogP contribution in [0.4, 0.5) is 10.1 Å². The Morgan fingerprint density at radius 1 is 1.30 bits per heavy atom. The van der Waals surface area contributed by atoms with Crippen LogP contribution in [0.5, 0.6) is 5.75 Å². The SMILES string of the molecule is NCCCCCCC(=O)N1CCOc2cc(F)ccc21. The average molecular weight is 280 g/mol. The van der Waals surface area contributed by atoms with Crippen LogP contribution in [0.15, 0.2) is 18.2 Å². The summed E-state index contributed by atoms with van der Waals surface area (Å²) >= 11 is 0. The molecule has 1 aromatic rings. The number of benzene rings is 1. The number of halogens is 1. The van der Waals surface area contributed by atoms with E-state index in [1.807, 2.05) is 0 Å². The first-order valence-corrected chi connectivity index (χ1v) is 7.15. The van der Waals surface area contributed by atoms with Gasteiger partial charge >= 0.3 is 0 Å². The Kier molecular flexibility index (Phi) is 5.35. The van der Waals surface area contributed by atoms with Gasteiger partial charge in [0, 0.05) is 12.5 Å². The molecule has 0 saturated carbocycles. The minimum absolute atomic E-state index is 0.0777. The highest BCUT2D eigenvalue weighted by Crippen LogP contribution is 2.32. The Morgan fingerprint density at radius 2 is 2.10 bits per heavy atom. The van der Waals surface area contributed by atoms with Gasteiger partial charge in [-0.05, 0) is 31.5 Å². The second kappa shape index (κ2) is 7.24. The van der Waals surface area contributed by atoms with Gasteiger partial charge in [0.15, 0.2) is 0 Å². The summed E-state index contributed by atoms with van der Waals surface area (Å²) in [5.41, 5.74) is 6.10. The van der Waals surface area contributed by atoms with Gasteiger partial charge in [0.1, 0.15) is 18.2 Å². The van der Waals surface area contributed by atoms with Crippen molar-refractivity contribution < 1.29 is 13.9 Å². The monoisotopic (exact) mass is 280 g/mol. The summed E-state index contributed by atoms with van der Waals surface area (Å²) in [5, 5.41) is 0. The van der Waals surface area contributed by atoms with E-state index in [9.17, 15) is 9.18 Å². The number of amides is 1. The van der Waals surface area contributed by atoms with E-state index < -0.39 is 0 Å². The molecule has 2 N–H and O–H groups in total. The number of fused-ring (bicyclic) bond motifs is 1. The molecular formula is C15H21FN2O2. The predicted molar refractivity (Wildman–Crippen MR) is 76.4 cm³/mol. The van der Waals surface area contributed by atoms with Crippen LogP contribution in [0.3, 0.4) is 0 Å². The van der Waals surface area contributed by atoms with Crippen molar-refractivity contribution in [1.29, 1.82) is 0 Å². The Hall–Kier alpha value is -1.62. The minimum Gasteiger partial charge on any atom is -0.489 e. The first-order valence-electron chi connectivity index (χ1n) is 7.15. The van der Waals surface area contributed by atoms with Gasteiger partial charge in [0.05, 0.1) is 12.2 Å². The highest BCUT2D eigenvalue weighted by molar-refractivity contribution is 5.95. The zero-order valence-corrected chi connectivity index (χ0v) is 11.6. The van der Waals surface area contributed by atoms with Crippen LogP contribution in [0.2, 0.25) is 0 Å². The van der Waals surface area contributed by atoms with E-state index in [4.69, 9.17) is 10.5 Å². The first kappa shape index (κ1) is 14.8. The number of anilines is 1. The number of rotatable bonds is 6. The molecule has 0 bridgehead atoms. The maximum Gasteiger partial charge on any atom is 0.227 e. The van der Waals surface area contributed by atoms with Crippen LogP contribution in [0, 0.1) is 5.82 Å². The second-order valence-corrected chi connectivity index (χ2v) is 4.96. The molecule has 0 radical (unpaired) electrons. The minimum atomic E-state index is -0.347. The second-order valence-electron chi connectivity index (χ2n) is 4.96. The van der Waals surface area contributed by atoms with Crippen LogP contribution in [0.25, 0.3) is 0 Å². The highest BCUT2D eigenvalue weighted by atomic mass is 19.1. The van der Waals surface area contributed by atoms with E-state index in [2.05, 4.69) is 0 Å². The van der Waals surface area contributed by atoms with E-state index in [1.54, 1.807) is 11.0 Å². The number of nitrogens with zero attached hydrogens (tertiary/aromatic N) is 1. The van der Waals surface area contributed by atoms with Crippen molar-refractivity contribution in [2.75, 3.05) is 24.6 Å². The maximum atomic E-state index is 13.2. The molecule has 0 atom stereocenters. The fourth-order valence-corrected chi connectivity index (χ4v) is 2.36. The molecule has 0 aromatic heterocycles. The molecule has 20 heavy (non-hydrogen) atoms. The molecule has 1 aliphatic rings. The maximum absolute atomic E-state index is 13.2. The van der Waals surface area contributed by atoms with Crippen LogP contribution in [0.1, 0.15) is 32.1 Å². The average Bonchev–Trinajstić information content (AvgIpc) is 2.46. The quantitative estimate of drug-likeness (QED) is 0.814. The molecule has 1 heterocycles. The Bertz CT molecular complexity index is 465. The Balaban J connectivity index is 1.91.